The molecule has 0 saturated carbocycles. The second kappa shape index (κ2) is 18.0. The maximum Gasteiger partial charge on any atom is 0.143 e. The first kappa shape index (κ1) is 42.8. The van der Waals surface area contributed by atoms with Gasteiger partial charge in [0.15, 0.2) is 0 Å². The molecule has 0 saturated heterocycles. The summed E-state index contributed by atoms with van der Waals surface area (Å²) in [6.07, 6.45) is 1.63. The summed E-state index contributed by atoms with van der Waals surface area (Å²) in [5.41, 5.74) is 9.26. The van der Waals surface area contributed by atoms with Crippen molar-refractivity contribution in [2.45, 2.75) is 0 Å². The summed E-state index contributed by atoms with van der Waals surface area (Å²) in [6.45, 7) is 0.942. The van der Waals surface area contributed by atoms with Crippen LogP contribution in [0.4, 0.5) is 0 Å². The van der Waals surface area contributed by atoms with Crippen molar-refractivity contribution < 1.29 is 18.3 Å². The van der Waals surface area contributed by atoms with Crippen LogP contribution in [0, 0.1) is 0 Å². The van der Waals surface area contributed by atoms with Gasteiger partial charge in [-0.3, -0.25) is 0 Å². The predicted molar refractivity (Wildman–Crippen MR) is 305 cm³/mol. The Labute approximate surface area is 419 Å². The second-order valence-corrected chi connectivity index (χ2v) is 23.0. The van der Waals surface area contributed by atoms with Gasteiger partial charge < -0.3 is 18.3 Å². The van der Waals surface area contributed by atoms with E-state index < -0.39 is 15.8 Å². The van der Waals surface area contributed by atoms with Crippen LogP contribution in [-0.2, 0) is 0 Å². The maximum absolute atomic E-state index is 7.69. The van der Waals surface area contributed by atoms with Crippen molar-refractivity contribution in [3.05, 3.63) is 231 Å². The van der Waals surface area contributed by atoms with Gasteiger partial charge in [-0.25, -0.2) is 0 Å². The van der Waals surface area contributed by atoms with Gasteiger partial charge in [0.1, 0.15) is 33.8 Å². The van der Waals surface area contributed by atoms with Crippen molar-refractivity contribution in [3.63, 3.8) is 0 Å². The topological polar surface area (TPSA) is 44.7 Å². The van der Waals surface area contributed by atoms with Crippen LogP contribution in [0.15, 0.2) is 239 Å². The first-order valence-corrected chi connectivity index (χ1v) is 27.7. The summed E-state index contributed by atoms with van der Waals surface area (Å²) >= 11 is 0. The largest absolute Gasteiger partial charge is 0.492 e. The smallest absolute Gasteiger partial charge is 0.143 e. The molecule has 11 aromatic carbocycles. The van der Waals surface area contributed by atoms with Crippen molar-refractivity contribution in [1.29, 1.82) is 0 Å². The molecule has 2 unspecified atom stereocenters. The molecule has 0 aliphatic carbocycles. The van der Waals surface area contributed by atoms with E-state index in [1.165, 1.54) is 21.2 Å². The number of benzene rings is 11. The van der Waals surface area contributed by atoms with Crippen LogP contribution >= 0.6 is 15.8 Å². The Hall–Kier alpha value is -8.00. The van der Waals surface area contributed by atoms with E-state index in [1.54, 1.807) is 0 Å². The molecular weight excluding hydrogens is 919 g/mol. The fourth-order valence-electron chi connectivity index (χ4n) is 11.2. The third-order valence-electron chi connectivity index (χ3n) is 14.4. The van der Waals surface area contributed by atoms with Crippen molar-refractivity contribution in [2.24, 2.45) is 0 Å². The summed E-state index contributed by atoms with van der Waals surface area (Å²) in [4.78, 5) is 0. The number of para-hydroxylation sites is 4. The molecule has 0 radical (unpaired) electrons. The molecule has 2 atom stereocenters. The van der Waals surface area contributed by atoms with Crippen molar-refractivity contribution in [3.8, 4) is 44.9 Å². The minimum Gasteiger partial charge on any atom is -0.492 e. The first-order valence-electron chi connectivity index (χ1n) is 24.7. The molecule has 14 rings (SSSR count). The Morgan fingerprint density at radius 3 is 1.14 bits per heavy atom. The van der Waals surface area contributed by atoms with Gasteiger partial charge >= 0.3 is 0 Å². The lowest BCUT2D eigenvalue weighted by atomic mass is 9.86. The molecule has 344 valence electrons. The zero-order chi connectivity index (χ0) is 47.5. The minimum atomic E-state index is -0.859. The van der Waals surface area contributed by atoms with E-state index in [9.17, 15) is 0 Å². The van der Waals surface area contributed by atoms with Crippen LogP contribution in [0.25, 0.3) is 98.8 Å². The number of furan rings is 2. The molecule has 0 spiro atoms. The number of fused-ring (bicyclic) bond motifs is 14. The highest BCUT2D eigenvalue weighted by Crippen LogP contribution is 2.55. The van der Waals surface area contributed by atoms with E-state index in [0.29, 0.717) is 13.2 Å². The van der Waals surface area contributed by atoms with Gasteiger partial charge in [-0.2, -0.15) is 0 Å². The third kappa shape index (κ3) is 7.20. The van der Waals surface area contributed by atoms with E-state index in [1.807, 2.05) is 12.1 Å². The van der Waals surface area contributed by atoms with Crippen molar-refractivity contribution >= 4 is 102 Å². The highest BCUT2D eigenvalue weighted by molar-refractivity contribution is 7.79. The van der Waals surface area contributed by atoms with Gasteiger partial charge in [0, 0.05) is 67.2 Å². The van der Waals surface area contributed by atoms with E-state index >= 15 is 0 Å². The van der Waals surface area contributed by atoms with Crippen LogP contribution in [0.2, 0.25) is 0 Å². The number of hydrogen-bond donors (Lipinski definition) is 0. The Bertz CT molecular complexity index is 3920. The summed E-state index contributed by atoms with van der Waals surface area (Å²) < 4.78 is 29.1. The van der Waals surface area contributed by atoms with Crippen LogP contribution < -0.4 is 30.7 Å². The van der Waals surface area contributed by atoms with E-state index in [2.05, 4.69) is 218 Å². The lowest BCUT2D eigenvalue weighted by molar-refractivity contribution is 0.341. The predicted octanol–water partition coefficient (Wildman–Crippen LogP) is 16.1. The Balaban J connectivity index is 1.10. The summed E-state index contributed by atoms with van der Waals surface area (Å²) in [5.74, 6) is 1.60. The molecule has 3 heterocycles. The van der Waals surface area contributed by atoms with Gasteiger partial charge in [0.2, 0.25) is 0 Å². The van der Waals surface area contributed by atoms with E-state index in [0.717, 1.165) is 123 Å². The van der Waals surface area contributed by atoms with Crippen LogP contribution in [0.5, 0.6) is 11.5 Å². The highest BCUT2D eigenvalue weighted by atomic mass is 31.1. The van der Waals surface area contributed by atoms with Crippen LogP contribution in [0.3, 0.4) is 0 Å². The maximum atomic E-state index is 7.69. The molecule has 0 amide bonds. The zero-order valence-corrected chi connectivity index (χ0v) is 41.1. The fraction of sp³-hybridized carbons (Fsp3) is 0.0606. The lowest BCUT2D eigenvalue weighted by Crippen LogP contribution is -2.31. The fourth-order valence-corrected chi connectivity index (χ4v) is 16.3. The van der Waals surface area contributed by atoms with Crippen molar-refractivity contribution in [1.82, 2.24) is 0 Å². The monoisotopic (exact) mass is 964 g/mol. The van der Waals surface area contributed by atoms with Gasteiger partial charge in [-0.15, -0.1) is 0 Å². The molecular formula is C66H46O4P2. The van der Waals surface area contributed by atoms with Crippen LogP contribution in [-0.4, -0.2) is 25.5 Å². The third-order valence-corrected chi connectivity index (χ3v) is 19.6. The SMILES string of the molecule is c1ccc(P2CCOc3c(-c4cccc5c4oc4ccccc45)cc4ccccc4c3-c3c(c(-c4cccc5c4oc4ccccc45)cc4ccccc34)OCCP(c3ccccc3)c3ccccc32)cc1. The quantitative estimate of drug-likeness (QED) is 0.165. The molecule has 0 bridgehead atoms. The molecule has 6 heteroatoms. The second-order valence-electron chi connectivity index (χ2n) is 18.4. The average molecular weight is 965 g/mol. The molecule has 13 aromatic rings. The molecule has 4 nitrogen and oxygen atoms in total. The molecule has 0 fully saturated rings. The number of rotatable bonds is 4. The summed E-state index contributed by atoms with van der Waals surface area (Å²) in [5, 5.41) is 14.1. The standard InChI is InChI=1S/C66H46O4P2/c1-3-21-45(22-4-1)71-39-37-67-65-55(53-31-17-29-51-49-27-11-13-33-57(49)69-63(51)53)41-43-19-7-9-25-47(43)61(65)62-48-26-10-8-20-44(48)42-56(54-32-18-30-52-50-28-12-14-34-58(50)70-64(52)54)66(62)68-38-40-72(46-23-5-2-6-24-46)60-36-16-15-35-59(60)71/h1-36,41-42H,37-40H2. The summed E-state index contributed by atoms with van der Waals surface area (Å²) in [7, 11) is -1.72. The molecule has 1 aliphatic heterocycles. The van der Waals surface area contributed by atoms with Gasteiger partial charge in [0.05, 0.1) is 13.2 Å². The molecule has 2 aromatic heterocycles. The van der Waals surface area contributed by atoms with Gasteiger partial charge in [-0.1, -0.05) is 206 Å². The Morgan fingerprint density at radius 2 is 0.681 bits per heavy atom. The number of ether oxygens (including phenoxy) is 2. The first-order chi connectivity index (χ1) is 35.7. The van der Waals surface area contributed by atoms with Crippen LogP contribution in [0.1, 0.15) is 0 Å². The Morgan fingerprint density at radius 1 is 0.306 bits per heavy atom. The molecule has 72 heavy (non-hydrogen) atoms. The minimum absolute atomic E-state index is 0.471. The molecule has 0 N–H and O–H groups in total. The summed E-state index contributed by atoms with van der Waals surface area (Å²) in [6, 6.07) is 83.2. The number of hydrogen-bond acceptors (Lipinski definition) is 4. The van der Waals surface area contributed by atoms with Crippen molar-refractivity contribution in [2.75, 3.05) is 25.5 Å². The molecule has 1 aliphatic rings. The average Bonchev–Trinajstić information content (AvgIpc) is 4.02. The Kier molecular flexibility index (Phi) is 10.7. The lowest BCUT2D eigenvalue weighted by Gasteiger charge is -2.29. The highest BCUT2D eigenvalue weighted by Gasteiger charge is 2.30. The normalized spacial score (nSPS) is 15.2. The van der Waals surface area contributed by atoms with Gasteiger partial charge in [0.25, 0.3) is 0 Å². The van der Waals surface area contributed by atoms with E-state index in [-0.39, 0.29) is 0 Å². The zero-order valence-electron chi connectivity index (χ0n) is 39.3. The van der Waals surface area contributed by atoms with Gasteiger partial charge in [-0.05, 0) is 82.9 Å². The van der Waals surface area contributed by atoms with E-state index in [4.69, 9.17) is 18.3 Å².